The Hall–Kier alpha value is -4.67. The molecular formula is C36H49N5O11S. The summed E-state index contributed by atoms with van der Waals surface area (Å²) in [6, 6.07) is 1.95. The van der Waals surface area contributed by atoms with Gasteiger partial charge in [-0.25, -0.2) is 22.8 Å². The summed E-state index contributed by atoms with van der Waals surface area (Å²) in [5, 5.41) is 17.0. The Balaban J connectivity index is 1.42. The second kappa shape index (κ2) is 15.7. The van der Waals surface area contributed by atoms with E-state index >= 15 is 0 Å². The summed E-state index contributed by atoms with van der Waals surface area (Å²) in [4.78, 5) is 81.0. The molecule has 2 heterocycles. The van der Waals surface area contributed by atoms with Gasteiger partial charge in [0.05, 0.1) is 24.0 Å². The second-order valence-electron chi connectivity index (χ2n) is 15.4. The van der Waals surface area contributed by atoms with Gasteiger partial charge >= 0.3 is 18.2 Å². The lowest BCUT2D eigenvalue weighted by Gasteiger charge is -2.35. The lowest BCUT2D eigenvalue weighted by atomic mass is 9.85. The molecule has 4 bridgehead atoms. The first kappa shape index (κ1) is 39.5. The average Bonchev–Trinajstić information content (AvgIpc) is 4.00. The molecule has 5 rings (SSSR count). The number of carboxylic acids is 1. The second-order valence-corrected chi connectivity index (χ2v) is 17.3. The van der Waals surface area contributed by atoms with E-state index in [-0.39, 0.29) is 31.6 Å². The number of benzene rings is 1. The number of aromatic carboxylic acids is 1. The van der Waals surface area contributed by atoms with Crippen molar-refractivity contribution in [3.63, 3.8) is 0 Å². The number of rotatable bonds is 7. The number of carbonyl (C=O) groups excluding carboxylic acids is 5. The highest BCUT2D eigenvalue weighted by atomic mass is 32.2. The lowest BCUT2D eigenvalue weighted by molar-refractivity contribution is -0.142. The van der Waals surface area contributed by atoms with Crippen LogP contribution < -0.4 is 20.7 Å². The number of hydrogen-bond donors (Lipinski definition) is 5. The first-order valence-electron chi connectivity index (χ1n) is 18.0. The van der Waals surface area contributed by atoms with E-state index in [0.717, 1.165) is 19.3 Å². The molecule has 5 amide bonds. The molecule has 0 spiro atoms. The van der Waals surface area contributed by atoms with E-state index in [1.165, 1.54) is 23.1 Å². The Labute approximate surface area is 308 Å². The van der Waals surface area contributed by atoms with Crippen LogP contribution in [0.15, 0.2) is 30.9 Å². The zero-order chi connectivity index (χ0) is 38.7. The predicted molar refractivity (Wildman–Crippen MR) is 191 cm³/mol. The summed E-state index contributed by atoms with van der Waals surface area (Å²) in [7, 11) is -3.94. The van der Waals surface area contributed by atoms with Crippen molar-refractivity contribution in [2.24, 2.45) is 11.3 Å². The van der Waals surface area contributed by atoms with Crippen molar-refractivity contribution in [3.05, 3.63) is 42.0 Å². The Kier molecular flexibility index (Phi) is 11.7. The predicted octanol–water partition coefficient (Wildman–Crippen LogP) is 3.22. The van der Waals surface area contributed by atoms with Gasteiger partial charge in [-0.2, -0.15) is 0 Å². The summed E-state index contributed by atoms with van der Waals surface area (Å²) < 4.78 is 38.4. The summed E-state index contributed by atoms with van der Waals surface area (Å²) >= 11 is 0. The highest BCUT2D eigenvalue weighted by Gasteiger charge is 2.62. The van der Waals surface area contributed by atoms with Gasteiger partial charge in [-0.1, -0.05) is 46.1 Å². The van der Waals surface area contributed by atoms with Crippen molar-refractivity contribution in [3.8, 4) is 0 Å². The molecule has 1 aromatic rings. The van der Waals surface area contributed by atoms with E-state index in [9.17, 15) is 42.3 Å². The van der Waals surface area contributed by atoms with Gasteiger partial charge in [-0.15, -0.1) is 6.58 Å². The van der Waals surface area contributed by atoms with E-state index in [1.807, 2.05) is 0 Å². The fraction of sp³-hybridized carbons (Fsp3) is 0.611. The molecule has 53 heavy (non-hydrogen) atoms. The fourth-order valence-electron chi connectivity index (χ4n) is 6.87. The molecule has 5 N–H and O–H groups in total. The van der Waals surface area contributed by atoms with Crippen molar-refractivity contribution in [2.75, 3.05) is 18.5 Å². The van der Waals surface area contributed by atoms with Crippen molar-refractivity contribution in [2.45, 2.75) is 114 Å². The van der Waals surface area contributed by atoms with Crippen LogP contribution in [0.3, 0.4) is 0 Å². The van der Waals surface area contributed by atoms with Crippen LogP contribution in [-0.2, 0) is 40.3 Å². The molecule has 5 atom stereocenters. The maximum atomic E-state index is 14.3. The number of sulfonamides is 1. The molecule has 2 saturated carbocycles. The van der Waals surface area contributed by atoms with Gasteiger partial charge in [0.1, 0.15) is 23.7 Å². The van der Waals surface area contributed by atoms with Crippen LogP contribution in [0.25, 0.3) is 0 Å². The van der Waals surface area contributed by atoms with Gasteiger partial charge in [0.2, 0.25) is 21.8 Å². The van der Waals surface area contributed by atoms with Crippen LogP contribution in [0.2, 0.25) is 0 Å². The van der Waals surface area contributed by atoms with Crippen LogP contribution in [-0.4, -0.2) is 96.4 Å². The number of carboxylic acid groups (broad SMARTS) is 1. The number of ether oxygens (including phenoxy) is 2. The molecule has 4 aliphatic rings. The standard InChI is InChI=1S/C36H49N5O11S/c1-5-22-19-36(22,32(46)40-53(49,50)25-13-14-25)39-29(42)27-18-24-20-41(27)30(43)28(35(2,3)4)38-33(47)51-16-10-8-6-7-9-11-21-17-23(37-34(48)52-24)12-15-26(21)31(44)45/h5,12,15,17,22,24-25,27-28H,1,6-11,13-14,16,18-20H2,2-4H3,(H,37,48)(H,38,47)(H,39,42)(H,40,46)(H,44,45)/t22-,24+,27-,28+,36+/m0/s1. The monoisotopic (exact) mass is 759 g/mol. The van der Waals surface area contributed by atoms with Crippen LogP contribution >= 0.6 is 0 Å². The van der Waals surface area contributed by atoms with Gasteiger partial charge in [0.15, 0.2) is 0 Å². The van der Waals surface area contributed by atoms with E-state index < -0.39 is 86.2 Å². The Bertz CT molecular complexity index is 1760. The van der Waals surface area contributed by atoms with E-state index in [2.05, 4.69) is 27.3 Å². The number of nitrogens with one attached hydrogen (secondary N) is 4. The van der Waals surface area contributed by atoms with Gasteiger partial charge < -0.3 is 30.1 Å². The van der Waals surface area contributed by atoms with Gasteiger partial charge in [-0.05, 0) is 67.7 Å². The molecule has 1 aromatic carbocycles. The highest BCUT2D eigenvalue weighted by Crippen LogP contribution is 2.45. The minimum Gasteiger partial charge on any atom is -0.478 e. The molecule has 2 aliphatic carbocycles. The number of aryl methyl sites for hydroxylation is 1. The first-order chi connectivity index (χ1) is 24.9. The van der Waals surface area contributed by atoms with Gasteiger partial charge in [0, 0.05) is 18.0 Å². The zero-order valence-corrected chi connectivity index (χ0v) is 31.1. The van der Waals surface area contributed by atoms with E-state index in [0.29, 0.717) is 43.4 Å². The minimum absolute atomic E-state index is 0.0813. The number of cyclic esters (lactones) is 1. The Morgan fingerprint density at radius 1 is 1.06 bits per heavy atom. The number of hydrogen-bond acceptors (Lipinski definition) is 10. The Morgan fingerprint density at radius 2 is 1.75 bits per heavy atom. The maximum Gasteiger partial charge on any atom is 0.411 e. The number of carbonyl (C=O) groups is 6. The molecule has 3 fully saturated rings. The zero-order valence-electron chi connectivity index (χ0n) is 30.3. The van der Waals surface area contributed by atoms with Crippen molar-refractivity contribution in [1.29, 1.82) is 0 Å². The average molecular weight is 760 g/mol. The summed E-state index contributed by atoms with van der Waals surface area (Å²) in [5.41, 5.74) is -1.55. The topological polar surface area (TPSA) is 227 Å². The van der Waals surface area contributed by atoms with Crippen molar-refractivity contribution < 1.29 is 51.8 Å². The van der Waals surface area contributed by atoms with Crippen LogP contribution in [0.1, 0.15) is 94.5 Å². The third-order valence-electron chi connectivity index (χ3n) is 10.2. The Morgan fingerprint density at radius 3 is 2.40 bits per heavy atom. The molecule has 1 saturated heterocycles. The molecule has 0 unspecified atom stereocenters. The third kappa shape index (κ3) is 9.47. The molecule has 0 radical (unpaired) electrons. The first-order valence-corrected chi connectivity index (χ1v) is 19.6. The number of amides is 5. The molecule has 2 aliphatic heterocycles. The highest BCUT2D eigenvalue weighted by molar-refractivity contribution is 7.91. The van der Waals surface area contributed by atoms with Gasteiger partial charge in [0.25, 0.3) is 5.91 Å². The number of anilines is 1. The third-order valence-corrected chi connectivity index (χ3v) is 12.0. The number of alkyl carbamates (subject to hydrolysis) is 1. The quantitative estimate of drug-likeness (QED) is 0.254. The maximum absolute atomic E-state index is 14.3. The normalized spacial score (nSPS) is 27.5. The van der Waals surface area contributed by atoms with Crippen molar-refractivity contribution >= 4 is 51.6 Å². The van der Waals surface area contributed by atoms with Crippen LogP contribution in [0, 0.1) is 11.3 Å². The van der Waals surface area contributed by atoms with Crippen LogP contribution in [0.5, 0.6) is 0 Å². The largest absolute Gasteiger partial charge is 0.478 e. The van der Waals surface area contributed by atoms with Crippen LogP contribution in [0.4, 0.5) is 15.3 Å². The number of fused-ring (bicyclic) bond motifs is 4. The SMILES string of the molecule is C=C[C@H]1C[C@]1(NC(=O)[C@@H]1C[C@@H]2CN1C(=O)[C@H](C(C)(C)C)NC(=O)OCCCCCCCc1cc(ccc1C(=O)O)NC(=O)O2)C(=O)NS(=O)(=O)C1CC1. The molecular weight excluding hydrogens is 710 g/mol. The number of nitrogens with zero attached hydrogens (tertiary/aromatic N) is 1. The molecule has 290 valence electrons. The fourth-order valence-corrected chi connectivity index (χ4v) is 8.23. The molecule has 0 aromatic heterocycles. The lowest BCUT2D eigenvalue weighted by Crippen LogP contribution is -2.60. The molecule has 16 nitrogen and oxygen atoms in total. The summed E-state index contributed by atoms with van der Waals surface area (Å²) in [6.07, 6.45) is 3.51. The summed E-state index contributed by atoms with van der Waals surface area (Å²) in [6.45, 7) is 8.75. The minimum atomic E-state index is -3.94. The summed E-state index contributed by atoms with van der Waals surface area (Å²) in [5.74, 6) is -4.03. The van der Waals surface area contributed by atoms with Crippen molar-refractivity contribution in [1.82, 2.24) is 20.3 Å². The molecule has 17 heteroatoms. The van der Waals surface area contributed by atoms with E-state index in [1.54, 1.807) is 26.8 Å². The van der Waals surface area contributed by atoms with Gasteiger partial charge in [-0.3, -0.25) is 24.4 Å². The smallest absolute Gasteiger partial charge is 0.411 e. The van der Waals surface area contributed by atoms with E-state index in [4.69, 9.17) is 9.47 Å².